The quantitative estimate of drug-likeness (QED) is 0.758. The van der Waals surface area contributed by atoms with Crippen LogP contribution < -0.4 is 5.32 Å². The zero-order valence-corrected chi connectivity index (χ0v) is 10.5. The molecule has 0 bridgehead atoms. The third kappa shape index (κ3) is 3.76. The second-order valence-electron chi connectivity index (χ2n) is 4.23. The molecule has 0 aromatic carbocycles. The van der Waals surface area contributed by atoms with Crippen molar-refractivity contribution < 1.29 is 19.1 Å². The predicted octanol–water partition coefficient (Wildman–Crippen LogP) is 2.05. The van der Waals surface area contributed by atoms with Crippen molar-refractivity contribution in [2.24, 2.45) is 0 Å². The summed E-state index contributed by atoms with van der Waals surface area (Å²) in [5, 5.41) is 11.6. The van der Waals surface area contributed by atoms with Crippen LogP contribution in [0.2, 0.25) is 0 Å². The first-order chi connectivity index (χ1) is 8.48. The van der Waals surface area contributed by atoms with Gasteiger partial charge in [-0.1, -0.05) is 13.3 Å². The van der Waals surface area contributed by atoms with E-state index >= 15 is 0 Å². The van der Waals surface area contributed by atoms with E-state index in [-0.39, 0.29) is 0 Å². The topological polar surface area (TPSA) is 79.5 Å². The number of furan rings is 1. The van der Waals surface area contributed by atoms with Crippen molar-refractivity contribution >= 4 is 18.0 Å². The molecule has 1 heterocycles. The molecular formula is C13H17NO4. The molecule has 0 spiro atoms. The van der Waals surface area contributed by atoms with Gasteiger partial charge in [0.1, 0.15) is 11.3 Å². The number of carbonyl (C=O) groups is 2. The summed E-state index contributed by atoms with van der Waals surface area (Å²) >= 11 is 0. The van der Waals surface area contributed by atoms with Crippen LogP contribution in [-0.2, 0) is 9.59 Å². The lowest BCUT2D eigenvalue weighted by molar-refractivity contribution is -0.146. The molecule has 1 amide bonds. The summed E-state index contributed by atoms with van der Waals surface area (Å²) in [7, 11) is 0. The van der Waals surface area contributed by atoms with Crippen LogP contribution in [0.15, 0.2) is 28.9 Å². The number of carboxylic acid groups (broad SMARTS) is 1. The normalized spacial score (nSPS) is 14.3. The van der Waals surface area contributed by atoms with Gasteiger partial charge in [0.2, 0.25) is 5.91 Å². The van der Waals surface area contributed by atoms with E-state index in [2.05, 4.69) is 5.32 Å². The molecule has 1 aromatic rings. The van der Waals surface area contributed by atoms with Crippen LogP contribution in [-0.4, -0.2) is 22.5 Å². The molecule has 0 saturated heterocycles. The Labute approximate surface area is 105 Å². The zero-order chi connectivity index (χ0) is 13.6. The molecule has 0 aliphatic rings. The maximum Gasteiger partial charge on any atom is 0.329 e. The number of hydrogen-bond donors (Lipinski definition) is 2. The maximum absolute atomic E-state index is 11.6. The van der Waals surface area contributed by atoms with Crippen molar-refractivity contribution in [3.8, 4) is 0 Å². The van der Waals surface area contributed by atoms with Gasteiger partial charge in [0.05, 0.1) is 6.26 Å². The van der Waals surface area contributed by atoms with Crippen molar-refractivity contribution in [2.75, 3.05) is 0 Å². The largest absolute Gasteiger partial charge is 0.480 e. The highest BCUT2D eigenvalue weighted by Crippen LogP contribution is 2.12. The Hall–Kier alpha value is -2.04. The van der Waals surface area contributed by atoms with E-state index in [9.17, 15) is 9.59 Å². The third-order valence-corrected chi connectivity index (χ3v) is 2.56. The molecule has 0 fully saturated rings. The van der Waals surface area contributed by atoms with Crippen LogP contribution in [0.4, 0.5) is 0 Å². The fourth-order valence-corrected chi connectivity index (χ4v) is 1.58. The van der Waals surface area contributed by atoms with Gasteiger partial charge in [0.15, 0.2) is 0 Å². The van der Waals surface area contributed by atoms with Crippen LogP contribution in [0, 0.1) is 0 Å². The molecule has 1 atom stereocenters. The van der Waals surface area contributed by atoms with E-state index in [0.29, 0.717) is 18.6 Å². The average Bonchev–Trinajstić information content (AvgIpc) is 2.79. The van der Waals surface area contributed by atoms with Gasteiger partial charge < -0.3 is 14.8 Å². The molecule has 5 nitrogen and oxygen atoms in total. The SMILES string of the molecule is CCCC(C)(NC(=O)/C=C/c1ccco1)C(=O)O. The first kappa shape index (κ1) is 14.0. The molecule has 0 radical (unpaired) electrons. The summed E-state index contributed by atoms with van der Waals surface area (Å²) in [6.07, 6.45) is 5.29. The number of amides is 1. The molecular weight excluding hydrogens is 234 g/mol. The molecule has 1 unspecified atom stereocenters. The Bertz CT molecular complexity index is 436. The van der Waals surface area contributed by atoms with Crippen molar-refractivity contribution in [2.45, 2.75) is 32.2 Å². The Morgan fingerprint density at radius 1 is 1.56 bits per heavy atom. The molecule has 0 saturated carbocycles. The van der Waals surface area contributed by atoms with Gasteiger partial charge in [-0.3, -0.25) is 4.79 Å². The Morgan fingerprint density at radius 3 is 2.78 bits per heavy atom. The number of hydrogen-bond acceptors (Lipinski definition) is 3. The van der Waals surface area contributed by atoms with Crippen molar-refractivity contribution in [3.05, 3.63) is 30.2 Å². The fraction of sp³-hybridized carbons (Fsp3) is 0.385. The summed E-state index contributed by atoms with van der Waals surface area (Å²) in [5.41, 5.74) is -1.24. The number of nitrogens with one attached hydrogen (secondary N) is 1. The summed E-state index contributed by atoms with van der Waals surface area (Å²) in [6.45, 7) is 3.36. The highest BCUT2D eigenvalue weighted by atomic mass is 16.4. The lowest BCUT2D eigenvalue weighted by atomic mass is 9.96. The second-order valence-corrected chi connectivity index (χ2v) is 4.23. The minimum atomic E-state index is -1.24. The van der Waals surface area contributed by atoms with E-state index in [1.165, 1.54) is 25.3 Å². The molecule has 0 aliphatic carbocycles. The van der Waals surface area contributed by atoms with Crippen LogP contribution in [0.25, 0.3) is 6.08 Å². The van der Waals surface area contributed by atoms with Gasteiger partial charge in [-0.2, -0.15) is 0 Å². The molecule has 0 aliphatic heterocycles. The molecule has 1 rings (SSSR count). The van der Waals surface area contributed by atoms with E-state index in [1.54, 1.807) is 12.1 Å². The lowest BCUT2D eigenvalue weighted by Crippen LogP contribution is -2.51. The molecule has 5 heteroatoms. The van der Waals surface area contributed by atoms with Crippen molar-refractivity contribution in [3.63, 3.8) is 0 Å². The molecule has 1 aromatic heterocycles. The van der Waals surface area contributed by atoms with Crippen molar-refractivity contribution in [1.29, 1.82) is 0 Å². The van der Waals surface area contributed by atoms with Gasteiger partial charge in [-0.15, -0.1) is 0 Å². The number of aliphatic carboxylic acids is 1. The van der Waals surface area contributed by atoms with Crippen molar-refractivity contribution in [1.82, 2.24) is 5.32 Å². The number of rotatable bonds is 6. The highest BCUT2D eigenvalue weighted by molar-refractivity contribution is 5.95. The van der Waals surface area contributed by atoms with E-state index < -0.39 is 17.4 Å². The molecule has 18 heavy (non-hydrogen) atoms. The lowest BCUT2D eigenvalue weighted by Gasteiger charge is -2.24. The first-order valence-corrected chi connectivity index (χ1v) is 5.75. The van der Waals surface area contributed by atoms with Crippen LogP contribution in [0.1, 0.15) is 32.4 Å². The minimum Gasteiger partial charge on any atom is -0.480 e. The van der Waals surface area contributed by atoms with Gasteiger partial charge >= 0.3 is 5.97 Å². The maximum atomic E-state index is 11.6. The fourth-order valence-electron chi connectivity index (χ4n) is 1.58. The second kappa shape index (κ2) is 6.05. The van der Waals surface area contributed by atoms with Crippen LogP contribution in [0.3, 0.4) is 0 Å². The minimum absolute atomic E-state index is 0.378. The van der Waals surface area contributed by atoms with Gasteiger partial charge in [-0.25, -0.2) is 4.79 Å². The molecule has 98 valence electrons. The van der Waals surface area contributed by atoms with E-state index in [0.717, 1.165) is 0 Å². The third-order valence-electron chi connectivity index (χ3n) is 2.56. The Kier molecular flexibility index (Phi) is 4.71. The predicted molar refractivity (Wildman–Crippen MR) is 66.8 cm³/mol. The van der Waals surface area contributed by atoms with E-state index in [4.69, 9.17) is 9.52 Å². The van der Waals surface area contributed by atoms with E-state index in [1.807, 2.05) is 6.92 Å². The van der Waals surface area contributed by atoms with Crippen LogP contribution in [0.5, 0.6) is 0 Å². The van der Waals surface area contributed by atoms with Gasteiger partial charge in [0, 0.05) is 6.08 Å². The number of carbonyl (C=O) groups excluding carboxylic acids is 1. The monoisotopic (exact) mass is 251 g/mol. The summed E-state index contributed by atoms with van der Waals surface area (Å²) < 4.78 is 5.03. The smallest absolute Gasteiger partial charge is 0.329 e. The Morgan fingerprint density at radius 2 is 2.28 bits per heavy atom. The molecule has 2 N–H and O–H groups in total. The summed E-state index contributed by atoms with van der Waals surface area (Å²) in [4.78, 5) is 22.8. The first-order valence-electron chi connectivity index (χ1n) is 5.75. The van der Waals surface area contributed by atoms with Gasteiger partial charge in [-0.05, 0) is 31.6 Å². The summed E-state index contributed by atoms with van der Waals surface area (Å²) in [5.74, 6) is -0.952. The number of carboxylic acids is 1. The summed E-state index contributed by atoms with van der Waals surface area (Å²) in [6, 6.07) is 3.41. The van der Waals surface area contributed by atoms with Crippen LogP contribution >= 0.6 is 0 Å². The Balaban J connectivity index is 2.65. The zero-order valence-electron chi connectivity index (χ0n) is 10.5. The van der Waals surface area contributed by atoms with Gasteiger partial charge in [0.25, 0.3) is 0 Å². The standard InChI is InChI=1S/C13H17NO4/c1-3-8-13(2,12(16)17)14-11(15)7-6-10-5-4-9-18-10/h4-7,9H,3,8H2,1-2H3,(H,14,15)(H,16,17)/b7-6+. The average molecular weight is 251 g/mol. The highest BCUT2D eigenvalue weighted by Gasteiger charge is 2.33.